The first-order valence-corrected chi connectivity index (χ1v) is 10.6. The van der Waals surface area contributed by atoms with Crippen molar-refractivity contribution in [3.05, 3.63) is 29.8 Å². The third-order valence-electron chi connectivity index (χ3n) is 6.88. The average molecular weight is 399 g/mol. The lowest BCUT2D eigenvalue weighted by molar-refractivity contribution is -0.140. The molecule has 1 aliphatic carbocycles. The van der Waals surface area contributed by atoms with Crippen molar-refractivity contribution in [1.82, 2.24) is 15.1 Å². The van der Waals surface area contributed by atoms with E-state index in [1.54, 1.807) is 4.90 Å². The van der Waals surface area contributed by atoms with Crippen molar-refractivity contribution in [2.24, 2.45) is 5.92 Å². The molecule has 1 aromatic carbocycles. The molecule has 0 aromatic heterocycles. The minimum absolute atomic E-state index is 0.102. The topological polar surface area (TPSA) is 73.0 Å². The standard InChI is InChI=1S/C22H30N4O3/c1-16-7-3-4-9-18(16)24-11-13-25(14-12-24)19(27)15-26-20(28)22(23-21(26)29)10-6-5-8-17(22)2/h3-4,7,9,17H,5-6,8,10-15H2,1-2H3,(H,23,29)/t17-,22+/m0/s1. The van der Waals surface area contributed by atoms with Gasteiger partial charge in [-0.25, -0.2) is 4.79 Å². The number of urea groups is 1. The molecule has 1 spiro atoms. The Balaban J connectivity index is 1.37. The Bertz CT molecular complexity index is 818. The maximum Gasteiger partial charge on any atom is 0.325 e. The molecule has 2 heterocycles. The van der Waals surface area contributed by atoms with Gasteiger partial charge in [-0.05, 0) is 37.3 Å². The molecule has 1 N–H and O–H groups in total. The number of hydrogen-bond donors (Lipinski definition) is 1. The summed E-state index contributed by atoms with van der Waals surface area (Å²) in [5.74, 6) is -0.273. The first-order chi connectivity index (χ1) is 13.9. The monoisotopic (exact) mass is 398 g/mol. The van der Waals surface area contributed by atoms with Crippen LogP contribution in [0.25, 0.3) is 0 Å². The number of carbonyl (C=O) groups excluding carboxylic acids is 3. The molecule has 2 atom stereocenters. The summed E-state index contributed by atoms with van der Waals surface area (Å²) < 4.78 is 0. The highest BCUT2D eigenvalue weighted by Gasteiger charge is 2.55. The zero-order valence-electron chi connectivity index (χ0n) is 17.3. The van der Waals surface area contributed by atoms with Gasteiger partial charge in [-0.1, -0.05) is 38.0 Å². The van der Waals surface area contributed by atoms with E-state index in [1.165, 1.54) is 11.3 Å². The highest BCUT2D eigenvalue weighted by molar-refractivity contribution is 6.09. The van der Waals surface area contributed by atoms with Crippen molar-refractivity contribution in [1.29, 1.82) is 0 Å². The van der Waals surface area contributed by atoms with E-state index in [-0.39, 0.29) is 24.3 Å². The zero-order valence-corrected chi connectivity index (χ0v) is 17.3. The lowest BCUT2D eigenvalue weighted by atomic mass is 9.73. The summed E-state index contributed by atoms with van der Waals surface area (Å²) in [6, 6.07) is 7.82. The Labute approximate surface area is 172 Å². The number of para-hydroxylation sites is 1. The van der Waals surface area contributed by atoms with Gasteiger partial charge in [0.25, 0.3) is 5.91 Å². The lowest BCUT2D eigenvalue weighted by Crippen LogP contribution is -2.55. The minimum Gasteiger partial charge on any atom is -0.368 e. The first kappa shape index (κ1) is 19.7. The Morgan fingerprint density at radius 3 is 2.55 bits per heavy atom. The van der Waals surface area contributed by atoms with Crippen LogP contribution >= 0.6 is 0 Å². The number of carbonyl (C=O) groups is 3. The predicted octanol–water partition coefficient (Wildman–Crippen LogP) is 2.14. The first-order valence-electron chi connectivity index (χ1n) is 10.6. The Morgan fingerprint density at radius 1 is 1.14 bits per heavy atom. The van der Waals surface area contributed by atoms with Gasteiger partial charge in [0.1, 0.15) is 12.1 Å². The normalized spacial score (nSPS) is 27.5. The number of imide groups is 1. The van der Waals surface area contributed by atoms with Crippen LogP contribution < -0.4 is 10.2 Å². The fourth-order valence-electron chi connectivity index (χ4n) is 4.99. The third kappa shape index (κ3) is 3.47. The minimum atomic E-state index is -0.806. The maximum atomic E-state index is 13.1. The molecule has 1 aromatic rings. The molecular formula is C22H30N4O3. The van der Waals surface area contributed by atoms with Crippen LogP contribution in [0, 0.1) is 12.8 Å². The van der Waals surface area contributed by atoms with Gasteiger partial charge in [0, 0.05) is 31.9 Å². The van der Waals surface area contributed by atoms with Crippen LogP contribution in [0.3, 0.4) is 0 Å². The zero-order chi connectivity index (χ0) is 20.6. The Morgan fingerprint density at radius 2 is 1.86 bits per heavy atom. The van der Waals surface area contributed by atoms with E-state index in [4.69, 9.17) is 0 Å². The average Bonchev–Trinajstić information content (AvgIpc) is 2.96. The number of rotatable bonds is 3. The Hall–Kier alpha value is -2.57. The van der Waals surface area contributed by atoms with Gasteiger partial charge in [0.2, 0.25) is 5.91 Å². The summed E-state index contributed by atoms with van der Waals surface area (Å²) in [6.07, 6.45) is 3.60. The van der Waals surface area contributed by atoms with Gasteiger partial charge in [-0.3, -0.25) is 14.5 Å². The molecule has 4 amide bonds. The second-order valence-electron chi connectivity index (χ2n) is 8.59. The molecule has 0 bridgehead atoms. The van der Waals surface area contributed by atoms with Crippen molar-refractivity contribution in [2.45, 2.75) is 45.1 Å². The summed E-state index contributed by atoms with van der Waals surface area (Å²) in [7, 11) is 0. The number of hydrogen-bond acceptors (Lipinski definition) is 4. The van der Waals surface area contributed by atoms with Crippen molar-refractivity contribution in [3.8, 4) is 0 Å². The number of benzene rings is 1. The van der Waals surface area contributed by atoms with E-state index in [9.17, 15) is 14.4 Å². The van der Waals surface area contributed by atoms with Crippen LogP contribution in [0.2, 0.25) is 0 Å². The van der Waals surface area contributed by atoms with Crippen molar-refractivity contribution < 1.29 is 14.4 Å². The molecule has 2 aliphatic heterocycles. The second-order valence-corrected chi connectivity index (χ2v) is 8.59. The number of anilines is 1. The summed E-state index contributed by atoms with van der Waals surface area (Å²) in [5.41, 5.74) is 1.61. The molecule has 2 saturated heterocycles. The van der Waals surface area contributed by atoms with Gasteiger partial charge in [-0.2, -0.15) is 0 Å². The van der Waals surface area contributed by atoms with Gasteiger partial charge in [0.05, 0.1) is 0 Å². The second kappa shape index (κ2) is 7.69. The Kier molecular flexibility index (Phi) is 5.23. The van der Waals surface area contributed by atoms with Crippen LogP contribution in [0.15, 0.2) is 24.3 Å². The summed E-state index contributed by atoms with van der Waals surface area (Å²) in [5, 5.41) is 2.92. The highest BCUT2D eigenvalue weighted by Crippen LogP contribution is 2.38. The van der Waals surface area contributed by atoms with Crippen molar-refractivity contribution >= 4 is 23.5 Å². The molecule has 1 saturated carbocycles. The summed E-state index contributed by atoms with van der Waals surface area (Å²) in [4.78, 5) is 43.6. The van der Waals surface area contributed by atoms with Crippen LogP contribution in [0.5, 0.6) is 0 Å². The van der Waals surface area contributed by atoms with Gasteiger partial charge in [0.15, 0.2) is 0 Å². The number of aryl methyl sites for hydroxylation is 1. The van der Waals surface area contributed by atoms with Crippen LogP contribution in [0.1, 0.15) is 38.2 Å². The highest BCUT2D eigenvalue weighted by atomic mass is 16.2. The van der Waals surface area contributed by atoms with E-state index < -0.39 is 11.6 Å². The van der Waals surface area contributed by atoms with Crippen LogP contribution in [-0.4, -0.2) is 65.9 Å². The molecule has 4 rings (SSSR count). The molecule has 29 heavy (non-hydrogen) atoms. The van der Waals surface area contributed by atoms with E-state index >= 15 is 0 Å². The lowest BCUT2D eigenvalue weighted by Gasteiger charge is -2.38. The smallest absolute Gasteiger partial charge is 0.325 e. The molecule has 0 radical (unpaired) electrons. The molecule has 7 nitrogen and oxygen atoms in total. The van der Waals surface area contributed by atoms with E-state index in [0.29, 0.717) is 19.5 Å². The third-order valence-corrected chi connectivity index (χ3v) is 6.88. The van der Waals surface area contributed by atoms with Crippen LogP contribution in [-0.2, 0) is 9.59 Å². The molecule has 3 aliphatic rings. The maximum absolute atomic E-state index is 13.1. The predicted molar refractivity (Wildman–Crippen MR) is 111 cm³/mol. The molecule has 0 unspecified atom stereocenters. The summed E-state index contributed by atoms with van der Waals surface area (Å²) >= 11 is 0. The number of amides is 4. The number of nitrogens with zero attached hydrogens (tertiary/aromatic N) is 3. The van der Waals surface area contributed by atoms with E-state index in [1.807, 2.05) is 19.1 Å². The number of nitrogens with one attached hydrogen (secondary N) is 1. The van der Waals surface area contributed by atoms with E-state index in [0.717, 1.165) is 37.3 Å². The van der Waals surface area contributed by atoms with E-state index in [2.05, 4.69) is 29.3 Å². The molecule has 3 fully saturated rings. The fraction of sp³-hybridized carbons (Fsp3) is 0.591. The molecular weight excluding hydrogens is 368 g/mol. The van der Waals surface area contributed by atoms with Crippen molar-refractivity contribution in [3.63, 3.8) is 0 Å². The van der Waals surface area contributed by atoms with Gasteiger partial charge >= 0.3 is 6.03 Å². The van der Waals surface area contributed by atoms with Gasteiger partial charge < -0.3 is 15.1 Å². The largest absolute Gasteiger partial charge is 0.368 e. The van der Waals surface area contributed by atoms with Crippen molar-refractivity contribution in [2.75, 3.05) is 37.6 Å². The molecule has 7 heteroatoms. The fourth-order valence-corrected chi connectivity index (χ4v) is 4.99. The van der Waals surface area contributed by atoms with Gasteiger partial charge in [-0.15, -0.1) is 0 Å². The quantitative estimate of drug-likeness (QED) is 0.792. The SMILES string of the molecule is Cc1ccccc1N1CCN(C(=O)CN2C(=O)N[C@@]3(CCCC[C@@H]3C)C2=O)CC1. The number of piperazine rings is 1. The van der Waals surface area contributed by atoms with Crippen LogP contribution in [0.4, 0.5) is 10.5 Å². The summed E-state index contributed by atoms with van der Waals surface area (Å²) in [6.45, 7) is 6.63. The molecule has 156 valence electrons.